The van der Waals surface area contributed by atoms with E-state index in [1.54, 1.807) is 6.33 Å². The van der Waals surface area contributed by atoms with Gasteiger partial charge in [-0.3, -0.25) is 5.10 Å². The zero-order valence-corrected chi connectivity index (χ0v) is 19.1. The molecule has 33 heavy (non-hydrogen) atoms. The number of halogens is 1. The minimum absolute atomic E-state index is 0.114. The van der Waals surface area contributed by atoms with Crippen LogP contribution in [0.3, 0.4) is 0 Å². The summed E-state index contributed by atoms with van der Waals surface area (Å²) in [6.45, 7) is 0. The van der Waals surface area contributed by atoms with Gasteiger partial charge in [0.15, 0.2) is 5.82 Å². The largest absolute Gasteiger partial charge is 0.377 e. The average molecular weight is 460 g/mol. The molecule has 3 aromatic rings. The molecule has 0 saturated heterocycles. The fraction of sp³-hybridized carbons (Fsp3) is 0.500. The molecule has 4 bridgehead atoms. The standard InChI is InChI=1S/C26H26ClN5O/c27-25-11-16-7-18(12-25)26(33,19(8-16)13-25)6-5-15-1-4-21-20(9-15)24(29-14-28-21)30-23-10-22(31-32-23)17-2-3-17/h1,4,9-10,14,16-19,33H,2-3,7-8,11-13H2,(H2,28,29,30,31,32). The molecule has 0 amide bonds. The van der Waals surface area contributed by atoms with Crippen molar-refractivity contribution in [2.75, 3.05) is 5.32 Å². The third-order valence-electron chi connectivity index (χ3n) is 8.26. The lowest BCUT2D eigenvalue weighted by molar-refractivity contribution is -0.129. The summed E-state index contributed by atoms with van der Waals surface area (Å²) in [7, 11) is 0. The maximum absolute atomic E-state index is 11.6. The highest BCUT2D eigenvalue weighted by Gasteiger charge is 2.60. The van der Waals surface area contributed by atoms with Gasteiger partial charge >= 0.3 is 0 Å². The van der Waals surface area contributed by atoms with E-state index in [1.807, 2.05) is 18.2 Å². The van der Waals surface area contributed by atoms with Crippen LogP contribution in [0.2, 0.25) is 0 Å². The number of aromatic nitrogens is 4. The van der Waals surface area contributed by atoms with Crippen molar-refractivity contribution < 1.29 is 5.11 Å². The number of H-pyrrole nitrogens is 1. The van der Waals surface area contributed by atoms with Gasteiger partial charge in [0.05, 0.1) is 5.52 Å². The van der Waals surface area contributed by atoms with Crippen LogP contribution in [0.5, 0.6) is 0 Å². The minimum Gasteiger partial charge on any atom is -0.377 e. The van der Waals surface area contributed by atoms with Crippen molar-refractivity contribution in [2.24, 2.45) is 17.8 Å². The molecule has 5 saturated carbocycles. The molecule has 0 spiro atoms. The molecule has 8 rings (SSSR count). The van der Waals surface area contributed by atoms with Gasteiger partial charge in [-0.15, -0.1) is 11.6 Å². The predicted molar refractivity (Wildman–Crippen MR) is 127 cm³/mol. The van der Waals surface area contributed by atoms with Crippen molar-refractivity contribution in [3.05, 3.63) is 41.9 Å². The highest BCUT2D eigenvalue weighted by atomic mass is 35.5. The van der Waals surface area contributed by atoms with E-state index >= 15 is 0 Å². The maximum atomic E-state index is 11.6. The summed E-state index contributed by atoms with van der Waals surface area (Å²) in [5, 5.41) is 23.3. The van der Waals surface area contributed by atoms with Gasteiger partial charge in [0.25, 0.3) is 0 Å². The Balaban J connectivity index is 1.20. The Morgan fingerprint density at radius 3 is 2.67 bits per heavy atom. The van der Waals surface area contributed by atoms with E-state index in [0.29, 0.717) is 17.7 Å². The van der Waals surface area contributed by atoms with Crippen LogP contribution in [-0.4, -0.2) is 35.7 Å². The van der Waals surface area contributed by atoms with Crippen molar-refractivity contribution in [3.63, 3.8) is 0 Å². The Morgan fingerprint density at radius 1 is 1.09 bits per heavy atom. The number of benzene rings is 1. The number of anilines is 2. The number of nitrogens with one attached hydrogen (secondary N) is 2. The zero-order valence-electron chi connectivity index (χ0n) is 18.3. The molecule has 168 valence electrons. The van der Waals surface area contributed by atoms with E-state index in [9.17, 15) is 5.11 Å². The van der Waals surface area contributed by atoms with Gasteiger partial charge in [-0.25, -0.2) is 9.97 Å². The third-order valence-corrected chi connectivity index (χ3v) is 8.73. The summed E-state index contributed by atoms with van der Waals surface area (Å²) >= 11 is 6.86. The summed E-state index contributed by atoms with van der Waals surface area (Å²) in [5.41, 5.74) is 1.93. The highest BCUT2D eigenvalue weighted by molar-refractivity contribution is 6.24. The number of aliphatic hydroxyl groups is 1. The van der Waals surface area contributed by atoms with Gasteiger partial charge in [0.2, 0.25) is 0 Å². The van der Waals surface area contributed by atoms with E-state index in [-0.39, 0.29) is 16.7 Å². The molecule has 5 fully saturated rings. The maximum Gasteiger partial charge on any atom is 0.153 e. The van der Waals surface area contributed by atoms with Gasteiger partial charge in [0.1, 0.15) is 17.7 Å². The fourth-order valence-electron chi connectivity index (χ4n) is 6.62. The van der Waals surface area contributed by atoms with Crippen LogP contribution in [0.15, 0.2) is 30.6 Å². The van der Waals surface area contributed by atoms with Gasteiger partial charge in [-0.1, -0.05) is 11.8 Å². The second kappa shape index (κ2) is 6.94. The van der Waals surface area contributed by atoms with E-state index in [0.717, 1.165) is 54.4 Å². The van der Waals surface area contributed by atoms with Crippen molar-refractivity contribution in [2.45, 2.75) is 61.3 Å². The van der Waals surface area contributed by atoms with Gasteiger partial charge in [-0.05, 0) is 69.1 Å². The zero-order chi connectivity index (χ0) is 22.2. The van der Waals surface area contributed by atoms with Crippen LogP contribution in [-0.2, 0) is 0 Å². The van der Waals surface area contributed by atoms with E-state index < -0.39 is 5.60 Å². The second-order valence-electron chi connectivity index (χ2n) is 10.6. The number of rotatable bonds is 3. The first kappa shape index (κ1) is 19.8. The summed E-state index contributed by atoms with van der Waals surface area (Å²) < 4.78 is 0. The number of fused-ring (bicyclic) bond motifs is 1. The molecule has 5 aliphatic carbocycles. The molecule has 6 nitrogen and oxygen atoms in total. The molecule has 0 aliphatic heterocycles. The Hall–Kier alpha value is -2.62. The summed E-state index contributed by atoms with van der Waals surface area (Å²) in [5.74, 6) is 9.66. The Bertz CT molecular complexity index is 1300. The lowest BCUT2D eigenvalue weighted by Gasteiger charge is -2.60. The second-order valence-corrected chi connectivity index (χ2v) is 11.4. The van der Waals surface area contributed by atoms with E-state index in [2.05, 4.69) is 43.4 Å². The number of alkyl halides is 1. The first-order valence-corrected chi connectivity index (χ1v) is 12.4. The number of hydrogen-bond donors (Lipinski definition) is 3. The topological polar surface area (TPSA) is 86.7 Å². The molecule has 0 radical (unpaired) electrons. The third kappa shape index (κ3) is 3.33. The molecule has 1 aromatic carbocycles. The summed E-state index contributed by atoms with van der Waals surface area (Å²) in [6.07, 6.45) is 8.94. The van der Waals surface area contributed by atoms with E-state index in [4.69, 9.17) is 11.6 Å². The molecule has 2 heterocycles. The van der Waals surface area contributed by atoms with Crippen LogP contribution in [0, 0.1) is 29.6 Å². The number of hydrogen-bond acceptors (Lipinski definition) is 5. The lowest BCUT2D eigenvalue weighted by atomic mass is 9.49. The molecular formula is C26H26ClN5O. The molecular weight excluding hydrogens is 434 g/mol. The molecule has 5 aliphatic rings. The Kier molecular flexibility index (Phi) is 4.17. The van der Waals surface area contributed by atoms with Crippen LogP contribution < -0.4 is 5.32 Å². The Morgan fingerprint density at radius 2 is 1.91 bits per heavy atom. The number of nitrogens with zero attached hydrogens (tertiary/aromatic N) is 3. The molecule has 2 atom stereocenters. The van der Waals surface area contributed by atoms with Crippen LogP contribution >= 0.6 is 11.6 Å². The first-order valence-electron chi connectivity index (χ1n) is 12.0. The van der Waals surface area contributed by atoms with E-state index in [1.165, 1.54) is 18.5 Å². The first-order chi connectivity index (χ1) is 16.0. The van der Waals surface area contributed by atoms with Crippen molar-refractivity contribution >= 4 is 34.1 Å². The van der Waals surface area contributed by atoms with Gasteiger partial charge < -0.3 is 10.4 Å². The molecule has 7 heteroatoms. The monoisotopic (exact) mass is 459 g/mol. The normalized spacial score (nSPS) is 34.3. The predicted octanol–water partition coefficient (Wildman–Crippen LogP) is 4.87. The van der Waals surface area contributed by atoms with Crippen molar-refractivity contribution in [1.82, 2.24) is 20.2 Å². The summed E-state index contributed by atoms with van der Waals surface area (Å²) in [4.78, 5) is 8.75. The fourth-order valence-corrected chi connectivity index (χ4v) is 7.22. The van der Waals surface area contributed by atoms with Gasteiger partial charge in [-0.2, -0.15) is 5.10 Å². The Labute approximate surface area is 197 Å². The molecule has 2 unspecified atom stereocenters. The van der Waals surface area contributed by atoms with Crippen LogP contribution in [0.25, 0.3) is 10.9 Å². The van der Waals surface area contributed by atoms with Crippen LogP contribution in [0.1, 0.15) is 62.1 Å². The molecule has 2 aromatic heterocycles. The molecule has 3 N–H and O–H groups in total. The minimum atomic E-state index is -0.938. The smallest absolute Gasteiger partial charge is 0.153 e. The summed E-state index contributed by atoms with van der Waals surface area (Å²) in [6, 6.07) is 7.98. The van der Waals surface area contributed by atoms with Gasteiger partial charge in [0, 0.05) is 45.3 Å². The number of aromatic amines is 1. The lowest BCUT2D eigenvalue weighted by Crippen LogP contribution is -2.61. The quantitative estimate of drug-likeness (QED) is 0.384. The van der Waals surface area contributed by atoms with Crippen molar-refractivity contribution in [1.29, 1.82) is 0 Å². The SMILES string of the molecule is OC1(C#Cc2ccc3ncnc(Nc4cc(C5CC5)[nH]n4)c3c2)C2CC3CC1CC(Cl)(C3)C2. The van der Waals surface area contributed by atoms with Crippen LogP contribution in [0.4, 0.5) is 11.6 Å². The average Bonchev–Trinajstić information content (AvgIpc) is 3.54. The van der Waals surface area contributed by atoms with Crippen molar-refractivity contribution in [3.8, 4) is 11.8 Å². The highest BCUT2D eigenvalue weighted by Crippen LogP contribution is 2.62.